The van der Waals surface area contributed by atoms with E-state index in [1.807, 2.05) is 12.1 Å². The fraction of sp³-hybridized carbons (Fsp3) is 0.125. The number of nitrogen functional groups attached to an aromatic ring is 1. The number of nitriles is 2. The summed E-state index contributed by atoms with van der Waals surface area (Å²) in [6.45, 7) is 1.63. The number of halogens is 1. The highest BCUT2D eigenvalue weighted by Crippen LogP contribution is 2.19. The lowest BCUT2D eigenvalue weighted by atomic mass is 10.1. The number of hydrogen-bond donors (Lipinski definition) is 1. The Labute approximate surface area is 80.2 Å². The van der Waals surface area contributed by atoms with Crippen molar-refractivity contribution in [3.63, 3.8) is 0 Å². The zero-order chi connectivity index (χ0) is 10.0. The van der Waals surface area contributed by atoms with Crippen LogP contribution in [0.3, 0.4) is 0 Å². The summed E-state index contributed by atoms with van der Waals surface area (Å²) < 4.78 is 0. The van der Waals surface area contributed by atoms with Gasteiger partial charge in [0, 0.05) is 0 Å². The van der Waals surface area contributed by atoms with Gasteiger partial charge in [0.15, 0.2) is 0 Å². The van der Waals surface area contributed by atoms with E-state index in [1.165, 1.54) is 0 Å². The van der Waals surface area contributed by atoms with E-state index in [9.17, 15) is 0 Å². The maximum absolute atomic E-state index is 8.71. The lowest BCUT2D eigenvalue weighted by Gasteiger charge is -1.99. The highest BCUT2D eigenvalue weighted by atomic mass is 35.5. The van der Waals surface area contributed by atoms with Crippen molar-refractivity contribution in [3.05, 3.63) is 21.8 Å². The number of rotatable bonds is 0. The Balaban J connectivity index is 3.63. The predicted molar refractivity (Wildman–Crippen MR) is 46.6 cm³/mol. The molecule has 1 aromatic rings. The van der Waals surface area contributed by atoms with Gasteiger partial charge in [-0.2, -0.15) is 10.5 Å². The Bertz CT molecular complexity index is 401. The lowest BCUT2D eigenvalue weighted by Crippen LogP contribution is -2.16. The van der Waals surface area contributed by atoms with Crippen LogP contribution in [0.25, 0.3) is 0 Å². The summed E-state index contributed by atoms with van der Waals surface area (Å²) in [5, 5.41) is 17.6. The molecule has 0 radical (unpaired) electrons. The van der Waals surface area contributed by atoms with Crippen LogP contribution in [0.2, 0.25) is 5.15 Å². The molecule has 0 saturated heterocycles. The first-order chi connectivity index (χ1) is 6.11. The van der Waals surface area contributed by atoms with Crippen molar-refractivity contribution >= 4 is 17.4 Å². The molecule has 1 rings (SSSR count). The number of nitrogens with one attached hydrogen (secondary N) is 1. The molecule has 0 aliphatic carbocycles. The van der Waals surface area contributed by atoms with Crippen LogP contribution in [0.15, 0.2) is 0 Å². The van der Waals surface area contributed by atoms with E-state index in [1.54, 1.807) is 6.92 Å². The summed E-state index contributed by atoms with van der Waals surface area (Å²) in [6.07, 6.45) is 0. The molecule has 0 bridgehead atoms. The van der Waals surface area contributed by atoms with Crippen molar-refractivity contribution in [2.24, 2.45) is 0 Å². The van der Waals surface area contributed by atoms with Crippen LogP contribution >= 0.6 is 11.6 Å². The van der Waals surface area contributed by atoms with E-state index in [2.05, 4.69) is 4.98 Å². The quantitative estimate of drug-likeness (QED) is 0.618. The van der Waals surface area contributed by atoms with Gasteiger partial charge >= 0.3 is 0 Å². The third kappa shape index (κ3) is 1.40. The Morgan fingerprint density at radius 1 is 1.31 bits per heavy atom. The molecular formula is C8H6ClN4+. The van der Waals surface area contributed by atoms with Crippen molar-refractivity contribution in [2.75, 3.05) is 5.73 Å². The maximum atomic E-state index is 8.71. The summed E-state index contributed by atoms with van der Waals surface area (Å²) >= 11 is 5.70. The van der Waals surface area contributed by atoms with Gasteiger partial charge in [0.05, 0.1) is 0 Å². The van der Waals surface area contributed by atoms with Gasteiger partial charge in [-0.15, -0.1) is 0 Å². The van der Waals surface area contributed by atoms with Gasteiger partial charge in [-0.25, -0.2) is 4.98 Å². The second-order valence-corrected chi connectivity index (χ2v) is 2.83. The molecule has 0 spiro atoms. The van der Waals surface area contributed by atoms with Gasteiger partial charge in [-0.05, 0) is 24.1 Å². The van der Waals surface area contributed by atoms with E-state index in [-0.39, 0.29) is 22.1 Å². The van der Waals surface area contributed by atoms with Crippen LogP contribution in [0.4, 0.5) is 5.82 Å². The largest absolute Gasteiger partial charge is 0.289 e. The predicted octanol–water partition coefficient (Wildman–Crippen LogP) is 0.788. The number of nitrogens with two attached hydrogens (primary N) is 1. The molecule has 1 aromatic heterocycles. The minimum atomic E-state index is 0.163. The van der Waals surface area contributed by atoms with E-state index < -0.39 is 0 Å². The molecule has 0 aliphatic heterocycles. The minimum Gasteiger partial charge on any atom is -0.286 e. The molecule has 0 fully saturated rings. The second-order valence-electron chi connectivity index (χ2n) is 2.45. The van der Waals surface area contributed by atoms with Crippen molar-refractivity contribution in [1.82, 2.24) is 0 Å². The summed E-state index contributed by atoms with van der Waals surface area (Å²) in [5.41, 5.74) is 6.51. The van der Waals surface area contributed by atoms with Crippen molar-refractivity contribution in [3.8, 4) is 12.1 Å². The lowest BCUT2D eigenvalue weighted by molar-refractivity contribution is -0.358. The zero-order valence-corrected chi connectivity index (χ0v) is 7.61. The number of pyridine rings is 1. The normalized spacial score (nSPS) is 8.92. The molecule has 64 valence electrons. The fourth-order valence-corrected chi connectivity index (χ4v) is 1.30. The average Bonchev–Trinajstić information content (AvgIpc) is 2.04. The Hall–Kier alpha value is -1.78. The SMILES string of the molecule is Cc1c(C#N)c(N)[nH+]c(Cl)c1C#N. The number of anilines is 1. The van der Waals surface area contributed by atoms with Crippen molar-refractivity contribution in [1.29, 1.82) is 10.5 Å². The number of hydrogen-bond acceptors (Lipinski definition) is 3. The molecule has 3 N–H and O–H groups in total. The van der Waals surface area contributed by atoms with E-state index >= 15 is 0 Å². The number of nitrogens with zero attached hydrogens (tertiary/aromatic N) is 2. The second kappa shape index (κ2) is 3.30. The van der Waals surface area contributed by atoms with Gasteiger partial charge in [0.2, 0.25) is 5.15 Å². The van der Waals surface area contributed by atoms with Crippen LogP contribution in [0, 0.1) is 29.6 Å². The van der Waals surface area contributed by atoms with Gasteiger partial charge < -0.3 is 0 Å². The van der Waals surface area contributed by atoms with Crippen LogP contribution < -0.4 is 10.7 Å². The first-order valence-electron chi connectivity index (χ1n) is 3.42. The minimum absolute atomic E-state index is 0.163. The number of aromatic amines is 1. The Kier molecular flexibility index (Phi) is 2.36. The first-order valence-corrected chi connectivity index (χ1v) is 3.80. The fourth-order valence-electron chi connectivity index (χ4n) is 1.01. The van der Waals surface area contributed by atoms with Crippen LogP contribution in [0.5, 0.6) is 0 Å². The molecule has 0 aliphatic rings. The number of aromatic nitrogens is 1. The zero-order valence-electron chi connectivity index (χ0n) is 6.85. The standard InChI is InChI=1S/C8H5ClN4/c1-4-5(2-10)7(9)13-8(12)6(4)3-11/h1H3,(H2,12,13)/p+1. The molecule has 1 heterocycles. The first kappa shape index (κ1) is 9.31. The molecule has 0 saturated carbocycles. The summed E-state index contributed by atoms with van der Waals surface area (Å²) in [6, 6.07) is 3.80. The average molecular weight is 194 g/mol. The Morgan fingerprint density at radius 3 is 2.31 bits per heavy atom. The molecule has 4 nitrogen and oxygen atoms in total. The van der Waals surface area contributed by atoms with E-state index in [4.69, 9.17) is 27.9 Å². The molecule has 13 heavy (non-hydrogen) atoms. The van der Waals surface area contributed by atoms with Gasteiger partial charge in [0.25, 0.3) is 5.82 Å². The highest BCUT2D eigenvalue weighted by Gasteiger charge is 2.17. The molecule has 5 heteroatoms. The van der Waals surface area contributed by atoms with Crippen molar-refractivity contribution in [2.45, 2.75) is 6.92 Å². The number of H-pyrrole nitrogens is 1. The summed E-state index contributed by atoms with van der Waals surface area (Å²) in [5.74, 6) is 0.184. The van der Waals surface area contributed by atoms with E-state index in [0.29, 0.717) is 5.56 Å². The highest BCUT2D eigenvalue weighted by molar-refractivity contribution is 6.29. The monoisotopic (exact) mass is 193 g/mol. The maximum Gasteiger partial charge on any atom is 0.289 e. The van der Waals surface area contributed by atoms with Crippen molar-refractivity contribution < 1.29 is 4.98 Å². The van der Waals surface area contributed by atoms with Gasteiger partial charge in [-0.1, -0.05) is 0 Å². The Morgan fingerprint density at radius 2 is 1.85 bits per heavy atom. The van der Waals surface area contributed by atoms with Crippen LogP contribution in [-0.4, -0.2) is 0 Å². The molecule has 0 unspecified atom stereocenters. The third-order valence-corrected chi connectivity index (χ3v) is 1.99. The molecule has 0 amide bonds. The molecule has 0 atom stereocenters. The van der Waals surface area contributed by atoms with Crippen LogP contribution in [0.1, 0.15) is 16.7 Å². The topological polar surface area (TPSA) is 87.7 Å². The van der Waals surface area contributed by atoms with E-state index in [0.717, 1.165) is 0 Å². The third-order valence-electron chi connectivity index (χ3n) is 1.71. The van der Waals surface area contributed by atoms with Gasteiger partial charge in [-0.3, -0.25) is 5.73 Å². The van der Waals surface area contributed by atoms with Crippen LogP contribution in [-0.2, 0) is 0 Å². The molecule has 0 aromatic carbocycles. The summed E-state index contributed by atoms with van der Waals surface area (Å²) in [4.78, 5) is 2.55. The summed E-state index contributed by atoms with van der Waals surface area (Å²) in [7, 11) is 0. The molecular weight excluding hydrogens is 188 g/mol. The van der Waals surface area contributed by atoms with Gasteiger partial charge in [0.1, 0.15) is 23.3 Å². The smallest absolute Gasteiger partial charge is 0.286 e.